The Balaban J connectivity index is 1.95. The van der Waals surface area contributed by atoms with E-state index >= 15 is 0 Å². The average Bonchev–Trinajstić information content (AvgIpc) is 2.94. The molecule has 3 rings (SSSR count). The standard InChI is InChI=1S/C18H18O2/c1-13(2)18-19-16(14-9-5-3-6-10-14)17(20-18)15-11-7-4-8-12-15/h3-12,16-18H,1H2,2H3/t16-,17-/m0/s1. The molecule has 0 N–H and O–H groups in total. The summed E-state index contributed by atoms with van der Waals surface area (Å²) in [7, 11) is 0. The largest absolute Gasteiger partial charge is 0.338 e. The quantitative estimate of drug-likeness (QED) is 0.766. The molecule has 2 nitrogen and oxygen atoms in total. The Kier molecular flexibility index (Phi) is 3.68. The summed E-state index contributed by atoms with van der Waals surface area (Å²) >= 11 is 0. The molecule has 2 aromatic carbocycles. The van der Waals surface area contributed by atoms with Gasteiger partial charge in [-0.1, -0.05) is 67.2 Å². The third kappa shape index (κ3) is 2.53. The van der Waals surface area contributed by atoms with Crippen molar-refractivity contribution in [2.45, 2.75) is 25.4 Å². The first-order chi connectivity index (χ1) is 9.75. The van der Waals surface area contributed by atoms with Crippen molar-refractivity contribution in [3.05, 3.63) is 83.9 Å². The van der Waals surface area contributed by atoms with E-state index in [-0.39, 0.29) is 18.5 Å². The van der Waals surface area contributed by atoms with Crippen LogP contribution in [0.4, 0.5) is 0 Å². The predicted octanol–water partition coefficient (Wildman–Crippen LogP) is 4.42. The Morgan fingerprint density at radius 1 is 0.800 bits per heavy atom. The minimum Gasteiger partial charge on any atom is -0.338 e. The first-order valence-electron chi connectivity index (χ1n) is 6.82. The minimum absolute atomic E-state index is 0.0969. The normalized spacial score (nSPS) is 22.9. The zero-order chi connectivity index (χ0) is 13.9. The average molecular weight is 266 g/mol. The summed E-state index contributed by atoms with van der Waals surface area (Å²) in [6.07, 6.45) is -0.536. The highest BCUT2D eigenvalue weighted by molar-refractivity contribution is 5.26. The van der Waals surface area contributed by atoms with Gasteiger partial charge >= 0.3 is 0 Å². The molecule has 0 spiro atoms. The van der Waals surface area contributed by atoms with Gasteiger partial charge in [0.25, 0.3) is 0 Å². The van der Waals surface area contributed by atoms with Gasteiger partial charge in [0, 0.05) is 0 Å². The SMILES string of the molecule is C=C(C)C1O[C@@H](c2ccccc2)[C@H](c2ccccc2)O1. The maximum absolute atomic E-state index is 6.05. The number of benzene rings is 2. The van der Waals surface area contributed by atoms with E-state index in [9.17, 15) is 0 Å². The Hall–Kier alpha value is -1.90. The highest BCUT2D eigenvalue weighted by Gasteiger charge is 2.38. The fourth-order valence-electron chi connectivity index (χ4n) is 2.47. The summed E-state index contributed by atoms with van der Waals surface area (Å²) in [5.41, 5.74) is 3.15. The van der Waals surface area contributed by atoms with Gasteiger partial charge in [-0.25, -0.2) is 0 Å². The van der Waals surface area contributed by atoms with Crippen LogP contribution in [0.1, 0.15) is 30.3 Å². The summed E-state index contributed by atoms with van der Waals surface area (Å²) in [6.45, 7) is 5.87. The molecule has 0 aromatic heterocycles. The van der Waals surface area contributed by atoms with E-state index in [2.05, 4.69) is 30.8 Å². The van der Waals surface area contributed by atoms with Gasteiger partial charge in [-0.15, -0.1) is 0 Å². The van der Waals surface area contributed by atoms with Gasteiger partial charge < -0.3 is 9.47 Å². The molecule has 20 heavy (non-hydrogen) atoms. The topological polar surface area (TPSA) is 18.5 Å². The maximum Gasteiger partial charge on any atom is 0.181 e. The summed E-state index contributed by atoms with van der Waals surface area (Å²) in [6, 6.07) is 20.4. The van der Waals surface area contributed by atoms with E-state index in [1.54, 1.807) is 0 Å². The smallest absolute Gasteiger partial charge is 0.181 e. The molecule has 1 saturated heterocycles. The minimum atomic E-state index is -0.342. The first kappa shape index (κ1) is 13.1. The third-order valence-electron chi connectivity index (χ3n) is 3.47. The number of rotatable bonds is 3. The summed E-state index contributed by atoms with van der Waals surface area (Å²) in [5, 5.41) is 0. The van der Waals surface area contributed by atoms with Crippen LogP contribution < -0.4 is 0 Å². The Morgan fingerprint density at radius 3 is 1.55 bits per heavy atom. The Morgan fingerprint density at radius 2 is 1.20 bits per heavy atom. The maximum atomic E-state index is 6.05. The summed E-state index contributed by atoms with van der Waals surface area (Å²) < 4.78 is 12.1. The predicted molar refractivity (Wildman–Crippen MR) is 79.1 cm³/mol. The van der Waals surface area contributed by atoms with E-state index in [4.69, 9.17) is 9.47 Å². The van der Waals surface area contributed by atoms with Crippen LogP contribution in [0.15, 0.2) is 72.8 Å². The fourth-order valence-corrected chi connectivity index (χ4v) is 2.47. The highest BCUT2D eigenvalue weighted by atomic mass is 16.7. The van der Waals surface area contributed by atoms with E-state index in [1.165, 1.54) is 0 Å². The van der Waals surface area contributed by atoms with Crippen molar-refractivity contribution in [3.8, 4) is 0 Å². The van der Waals surface area contributed by atoms with Crippen LogP contribution in [0.25, 0.3) is 0 Å². The lowest BCUT2D eigenvalue weighted by Gasteiger charge is -2.17. The summed E-state index contributed by atoms with van der Waals surface area (Å²) in [5.74, 6) is 0. The van der Waals surface area contributed by atoms with Gasteiger partial charge in [0.15, 0.2) is 6.29 Å². The molecule has 1 aliphatic heterocycles. The monoisotopic (exact) mass is 266 g/mol. The molecule has 2 atom stereocenters. The van der Waals surface area contributed by atoms with Crippen LogP contribution in [0.3, 0.4) is 0 Å². The van der Waals surface area contributed by atoms with E-state index in [0.29, 0.717) is 0 Å². The summed E-state index contributed by atoms with van der Waals surface area (Å²) in [4.78, 5) is 0. The van der Waals surface area contributed by atoms with Gasteiger partial charge in [0.2, 0.25) is 0 Å². The molecule has 102 valence electrons. The van der Waals surface area contributed by atoms with Gasteiger partial charge in [-0.05, 0) is 23.6 Å². The lowest BCUT2D eigenvalue weighted by molar-refractivity contribution is -0.0375. The molecule has 1 heterocycles. The van der Waals surface area contributed by atoms with Crippen molar-refractivity contribution in [1.82, 2.24) is 0 Å². The molecule has 0 amide bonds. The van der Waals surface area contributed by atoms with Crippen molar-refractivity contribution in [1.29, 1.82) is 0 Å². The Bertz CT molecular complexity index is 529. The third-order valence-corrected chi connectivity index (χ3v) is 3.47. The van der Waals surface area contributed by atoms with E-state index in [1.807, 2.05) is 43.3 Å². The van der Waals surface area contributed by atoms with Crippen LogP contribution in [0.5, 0.6) is 0 Å². The van der Waals surface area contributed by atoms with Gasteiger partial charge in [-0.3, -0.25) is 0 Å². The van der Waals surface area contributed by atoms with Gasteiger partial charge in [0.05, 0.1) is 0 Å². The molecular formula is C18H18O2. The molecule has 0 bridgehead atoms. The molecule has 1 aliphatic rings. The lowest BCUT2D eigenvalue weighted by Crippen LogP contribution is -2.08. The molecule has 1 fully saturated rings. The van der Waals surface area contributed by atoms with Crippen molar-refractivity contribution >= 4 is 0 Å². The van der Waals surface area contributed by atoms with Crippen LogP contribution in [-0.4, -0.2) is 6.29 Å². The second-order valence-electron chi connectivity index (χ2n) is 5.11. The second-order valence-corrected chi connectivity index (χ2v) is 5.11. The van der Waals surface area contributed by atoms with Gasteiger partial charge in [-0.2, -0.15) is 0 Å². The Labute approximate surface area is 119 Å². The van der Waals surface area contributed by atoms with Gasteiger partial charge in [0.1, 0.15) is 12.2 Å². The highest BCUT2D eigenvalue weighted by Crippen LogP contribution is 2.43. The second kappa shape index (κ2) is 5.61. The molecule has 0 radical (unpaired) electrons. The fraction of sp³-hybridized carbons (Fsp3) is 0.222. The molecule has 0 saturated carbocycles. The van der Waals surface area contributed by atoms with Crippen LogP contribution >= 0.6 is 0 Å². The molecule has 2 heteroatoms. The zero-order valence-corrected chi connectivity index (χ0v) is 11.5. The van der Waals surface area contributed by atoms with E-state index in [0.717, 1.165) is 16.7 Å². The molecular weight excluding hydrogens is 248 g/mol. The van der Waals surface area contributed by atoms with Crippen molar-refractivity contribution in [2.75, 3.05) is 0 Å². The first-order valence-corrected chi connectivity index (χ1v) is 6.82. The molecule has 0 unspecified atom stereocenters. The molecule has 0 aliphatic carbocycles. The lowest BCUT2D eigenvalue weighted by atomic mass is 9.99. The number of hydrogen-bond acceptors (Lipinski definition) is 2. The van der Waals surface area contributed by atoms with Crippen LogP contribution in [0, 0.1) is 0 Å². The molecule has 2 aromatic rings. The number of ether oxygens (including phenoxy) is 2. The van der Waals surface area contributed by atoms with E-state index < -0.39 is 0 Å². The van der Waals surface area contributed by atoms with Crippen LogP contribution in [-0.2, 0) is 9.47 Å². The van der Waals surface area contributed by atoms with Crippen LogP contribution in [0.2, 0.25) is 0 Å². The van der Waals surface area contributed by atoms with Crippen molar-refractivity contribution < 1.29 is 9.47 Å². The zero-order valence-electron chi connectivity index (χ0n) is 11.5. The van der Waals surface area contributed by atoms with Crippen molar-refractivity contribution in [3.63, 3.8) is 0 Å². The number of hydrogen-bond donors (Lipinski definition) is 0. The van der Waals surface area contributed by atoms with Crippen molar-refractivity contribution in [2.24, 2.45) is 0 Å².